The minimum atomic E-state index is -0.476. The highest BCUT2D eigenvalue weighted by Gasteiger charge is 2.28. The first-order valence-corrected chi connectivity index (χ1v) is 9.04. The average molecular weight is 372 g/mol. The van der Waals surface area contributed by atoms with Crippen molar-refractivity contribution >= 4 is 11.8 Å². The molecule has 2 aromatic rings. The molecule has 0 spiro atoms. The quantitative estimate of drug-likeness (QED) is 0.836. The standard InChI is InChI=1S/C19H24N4O4/c1-12(2)16(22-17(24)13-6-7-20-10-15(13)26-3)18-21-14(11-27-18)19(25)23-8-4-5-9-23/h6-7,10-12,16H,4-5,8-9H2,1-3H3,(H,22,24)/t16-/m1/s1. The van der Waals surface area contributed by atoms with Crippen molar-refractivity contribution in [2.24, 2.45) is 5.92 Å². The summed E-state index contributed by atoms with van der Waals surface area (Å²) < 4.78 is 10.7. The first kappa shape index (κ1) is 18.9. The molecule has 0 unspecified atom stereocenters. The fraction of sp³-hybridized carbons (Fsp3) is 0.474. The Bertz CT molecular complexity index is 812. The van der Waals surface area contributed by atoms with Crippen LogP contribution in [0, 0.1) is 5.92 Å². The second kappa shape index (κ2) is 8.20. The van der Waals surface area contributed by atoms with Crippen LogP contribution in [0.3, 0.4) is 0 Å². The lowest BCUT2D eigenvalue weighted by molar-refractivity contribution is 0.0786. The predicted octanol–water partition coefficient (Wildman–Crippen LogP) is 2.44. The van der Waals surface area contributed by atoms with Crippen LogP contribution in [0.25, 0.3) is 0 Å². The molecule has 27 heavy (non-hydrogen) atoms. The molecular formula is C19H24N4O4. The van der Waals surface area contributed by atoms with Crippen molar-refractivity contribution in [3.63, 3.8) is 0 Å². The first-order chi connectivity index (χ1) is 13.0. The number of nitrogens with one attached hydrogen (secondary N) is 1. The van der Waals surface area contributed by atoms with E-state index in [2.05, 4.69) is 15.3 Å². The minimum absolute atomic E-state index is 0.00942. The van der Waals surface area contributed by atoms with Crippen LogP contribution < -0.4 is 10.1 Å². The molecule has 0 aromatic carbocycles. The summed E-state index contributed by atoms with van der Waals surface area (Å²) >= 11 is 0. The molecule has 8 nitrogen and oxygen atoms in total. The highest BCUT2D eigenvalue weighted by atomic mass is 16.5. The van der Waals surface area contributed by atoms with Crippen LogP contribution in [0.1, 0.15) is 59.5 Å². The van der Waals surface area contributed by atoms with Gasteiger partial charge in [-0.3, -0.25) is 14.6 Å². The van der Waals surface area contributed by atoms with Crippen LogP contribution in [-0.2, 0) is 0 Å². The Labute approximate surface area is 157 Å². The van der Waals surface area contributed by atoms with E-state index in [1.807, 2.05) is 13.8 Å². The zero-order chi connectivity index (χ0) is 19.4. The van der Waals surface area contributed by atoms with Gasteiger partial charge in [-0.2, -0.15) is 0 Å². The Morgan fingerprint density at radius 2 is 2.04 bits per heavy atom. The summed E-state index contributed by atoms with van der Waals surface area (Å²) in [5, 5.41) is 2.92. The van der Waals surface area contributed by atoms with Gasteiger partial charge in [-0.15, -0.1) is 0 Å². The van der Waals surface area contributed by atoms with Crippen molar-refractivity contribution < 1.29 is 18.7 Å². The van der Waals surface area contributed by atoms with Crippen molar-refractivity contribution in [2.45, 2.75) is 32.7 Å². The van der Waals surface area contributed by atoms with E-state index in [9.17, 15) is 9.59 Å². The number of pyridine rings is 1. The van der Waals surface area contributed by atoms with Gasteiger partial charge in [0.2, 0.25) is 5.89 Å². The number of hydrogen-bond donors (Lipinski definition) is 1. The molecule has 1 atom stereocenters. The van der Waals surface area contributed by atoms with Gasteiger partial charge in [0.1, 0.15) is 18.1 Å². The van der Waals surface area contributed by atoms with Crippen molar-refractivity contribution in [3.05, 3.63) is 41.9 Å². The van der Waals surface area contributed by atoms with Crippen LogP contribution in [0.4, 0.5) is 0 Å². The maximum Gasteiger partial charge on any atom is 0.275 e. The fourth-order valence-corrected chi connectivity index (χ4v) is 3.07. The molecule has 1 aliphatic rings. The van der Waals surface area contributed by atoms with Crippen LogP contribution in [0.15, 0.2) is 29.1 Å². The molecular weight excluding hydrogens is 348 g/mol. The molecule has 2 aromatic heterocycles. The van der Waals surface area contributed by atoms with Gasteiger partial charge in [0.05, 0.1) is 18.9 Å². The lowest BCUT2D eigenvalue weighted by Gasteiger charge is -2.19. The lowest BCUT2D eigenvalue weighted by atomic mass is 10.0. The van der Waals surface area contributed by atoms with Gasteiger partial charge in [0.15, 0.2) is 5.69 Å². The summed E-state index contributed by atoms with van der Waals surface area (Å²) in [6.07, 6.45) is 6.39. The van der Waals surface area contributed by atoms with Crippen molar-refractivity contribution in [2.75, 3.05) is 20.2 Å². The Morgan fingerprint density at radius 1 is 1.30 bits per heavy atom. The maximum absolute atomic E-state index is 12.7. The maximum atomic E-state index is 12.7. The van der Waals surface area contributed by atoms with Crippen molar-refractivity contribution in [3.8, 4) is 5.75 Å². The molecule has 3 heterocycles. The molecule has 0 bridgehead atoms. The van der Waals surface area contributed by atoms with Crippen LogP contribution in [0.2, 0.25) is 0 Å². The normalized spacial score (nSPS) is 15.0. The molecule has 0 aliphatic carbocycles. The number of hydrogen-bond acceptors (Lipinski definition) is 6. The number of oxazole rings is 1. The smallest absolute Gasteiger partial charge is 0.275 e. The summed E-state index contributed by atoms with van der Waals surface area (Å²) in [5.74, 6) is 0.254. The number of ether oxygens (including phenoxy) is 1. The van der Waals surface area contributed by atoms with Gasteiger partial charge in [-0.25, -0.2) is 4.98 Å². The SMILES string of the molecule is COc1cnccc1C(=O)N[C@@H](c1nc(C(=O)N2CCCC2)co1)C(C)C. The zero-order valence-electron chi connectivity index (χ0n) is 15.8. The number of aromatic nitrogens is 2. The summed E-state index contributed by atoms with van der Waals surface area (Å²) in [5.41, 5.74) is 0.645. The third kappa shape index (κ3) is 4.10. The van der Waals surface area contributed by atoms with Crippen molar-refractivity contribution in [1.29, 1.82) is 0 Å². The fourth-order valence-electron chi connectivity index (χ4n) is 3.07. The summed E-state index contributed by atoms with van der Waals surface area (Å²) in [6.45, 7) is 5.38. The third-order valence-corrected chi connectivity index (χ3v) is 4.60. The van der Waals surface area contributed by atoms with Gasteiger partial charge >= 0.3 is 0 Å². The molecule has 1 fully saturated rings. The molecule has 0 saturated carbocycles. The second-order valence-corrected chi connectivity index (χ2v) is 6.84. The molecule has 1 saturated heterocycles. The van der Waals surface area contributed by atoms with E-state index in [1.165, 1.54) is 25.8 Å². The first-order valence-electron chi connectivity index (χ1n) is 9.04. The molecule has 1 N–H and O–H groups in total. The van der Waals surface area contributed by atoms with E-state index in [0.29, 0.717) is 17.2 Å². The van der Waals surface area contributed by atoms with E-state index in [4.69, 9.17) is 9.15 Å². The van der Waals surface area contributed by atoms with Gasteiger partial charge < -0.3 is 19.4 Å². The van der Waals surface area contributed by atoms with E-state index >= 15 is 0 Å². The number of likely N-dealkylation sites (tertiary alicyclic amines) is 1. The summed E-state index contributed by atoms with van der Waals surface area (Å²) in [4.78, 5) is 35.2. The molecule has 144 valence electrons. The van der Waals surface area contributed by atoms with E-state index in [1.54, 1.807) is 11.0 Å². The number of methoxy groups -OCH3 is 1. The van der Waals surface area contributed by atoms with Crippen LogP contribution >= 0.6 is 0 Å². The number of nitrogens with zero attached hydrogens (tertiary/aromatic N) is 3. The molecule has 8 heteroatoms. The Hall–Kier alpha value is -2.90. The van der Waals surface area contributed by atoms with Crippen molar-refractivity contribution in [1.82, 2.24) is 20.2 Å². The average Bonchev–Trinajstić information content (AvgIpc) is 3.37. The topological polar surface area (TPSA) is 97.6 Å². The Morgan fingerprint density at radius 3 is 2.70 bits per heavy atom. The number of carbonyl (C=O) groups is 2. The second-order valence-electron chi connectivity index (χ2n) is 6.84. The summed E-state index contributed by atoms with van der Waals surface area (Å²) in [6, 6.07) is 1.11. The molecule has 1 aliphatic heterocycles. The molecule has 3 rings (SSSR count). The summed E-state index contributed by atoms with van der Waals surface area (Å²) in [7, 11) is 1.48. The number of amides is 2. The predicted molar refractivity (Wildman–Crippen MR) is 97.5 cm³/mol. The minimum Gasteiger partial charge on any atom is -0.494 e. The van der Waals surface area contributed by atoms with E-state index < -0.39 is 6.04 Å². The third-order valence-electron chi connectivity index (χ3n) is 4.60. The zero-order valence-corrected chi connectivity index (χ0v) is 15.8. The van der Waals surface area contributed by atoms with E-state index in [0.717, 1.165) is 25.9 Å². The van der Waals surface area contributed by atoms with E-state index in [-0.39, 0.29) is 23.4 Å². The van der Waals surface area contributed by atoms with Gasteiger partial charge in [-0.05, 0) is 24.8 Å². The van der Waals surface area contributed by atoms with Gasteiger partial charge in [-0.1, -0.05) is 13.8 Å². The Balaban J connectivity index is 1.78. The number of carbonyl (C=O) groups excluding carboxylic acids is 2. The van der Waals surface area contributed by atoms with Crippen LogP contribution in [0.5, 0.6) is 5.75 Å². The van der Waals surface area contributed by atoms with Crippen LogP contribution in [-0.4, -0.2) is 46.9 Å². The van der Waals surface area contributed by atoms with Gasteiger partial charge in [0, 0.05) is 19.3 Å². The molecule has 2 amide bonds. The molecule has 0 radical (unpaired) electrons. The highest BCUT2D eigenvalue weighted by Crippen LogP contribution is 2.24. The highest BCUT2D eigenvalue weighted by molar-refractivity contribution is 5.97. The largest absolute Gasteiger partial charge is 0.494 e. The number of rotatable bonds is 6. The monoisotopic (exact) mass is 372 g/mol. The van der Waals surface area contributed by atoms with Gasteiger partial charge in [0.25, 0.3) is 11.8 Å². The Kier molecular flexibility index (Phi) is 5.73. The lowest BCUT2D eigenvalue weighted by Crippen LogP contribution is -2.32.